The molecule has 0 radical (unpaired) electrons. The molecule has 0 saturated carbocycles. The number of halogens is 1. The molecule has 1 atom stereocenters. The molecule has 3 rings (SSSR count). The van der Waals surface area contributed by atoms with Crippen molar-refractivity contribution in [1.29, 1.82) is 0 Å². The van der Waals surface area contributed by atoms with E-state index >= 15 is 0 Å². The van der Waals surface area contributed by atoms with Gasteiger partial charge in [0.1, 0.15) is 12.1 Å². The maximum atomic E-state index is 14.5. The van der Waals surface area contributed by atoms with Gasteiger partial charge in [-0.3, -0.25) is 4.57 Å². The van der Waals surface area contributed by atoms with Gasteiger partial charge in [0.2, 0.25) is 0 Å². The summed E-state index contributed by atoms with van der Waals surface area (Å²) >= 11 is 0. The Bertz CT molecular complexity index is 764. The lowest BCUT2D eigenvalue weighted by Gasteiger charge is -2.14. The average molecular weight is 283 g/mol. The smallest absolute Gasteiger partial charge is 0.147 e. The van der Waals surface area contributed by atoms with Crippen molar-refractivity contribution in [1.82, 2.24) is 14.9 Å². The van der Waals surface area contributed by atoms with E-state index in [2.05, 4.69) is 10.3 Å². The monoisotopic (exact) mass is 283 g/mol. The number of imidazole rings is 1. The average Bonchev–Trinajstić information content (AvgIpc) is 2.91. The number of aromatic nitrogens is 2. The second-order valence-corrected chi connectivity index (χ2v) is 5.09. The molecule has 1 aromatic heterocycles. The second kappa shape index (κ2) is 5.66. The molecule has 108 valence electrons. The third-order valence-corrected chi connectivity index (χ3v) is 3.70. The van der Waals surface area contributed by atoms with Crippen molar-refractivity contribution in [3.63, 3.8) is 0 Å². The van der Waals surface area contributed by atoms with Gasteiger partial charge in [0.05, 0.1) is 16.7 Å². The van der Waals surface area contributed by atoms with Crippen LogP contribution in [0.1, 0.15) is 25.5 Å². The Balaban J connectivity index is 2.03. The number of rotatable bonds is 4. The molecule has 3 aromatic rings. The molecule has 0 fully saturated rings. The molecule has 3 nitrogen and oxygen atoms in total. The van der Waals surface area contributed by atoms with Crippen molar-refractivity contribution >= 4 is 11.0 Å². The zero-order valence-corrected chi connectivity index (χ0v) is 12.2. The minimum atomic E-state index is -0.236. The quantitative estimate of drug-likeness (QED) is 0.788. The summed E-state index contributed by atoms with van der Waals surface area (Å²) < 4.78 is 16.2. The van der Waals surface area contributed by atoms with Crippen LogP contribution in [0.4, 0.5) is 4.39 Å². The van der Waals surface area contributed by atoms with Crippen LogP contribution in [0, 0.1) is 5.82 Å². The van der Waals surface area contributed by atoms with Crippen LogP contribution in [0.25, 0.3) is 16.7 Å². The fourth-order valence-corrected chi connectivity index (χ4v) is 2.56. The highest BCUT2D eigenvalue weighted by Gasteiger charge is 2.11. The van der Waals surface area contributed by atoms with E-state index in [-0.39, 0.29) is 11.9 Å². The predicted octanol–water partition coefficient (Wildman–Crippen LogP) is 3.84. The fourth-order valence-electron chi connectivity index (χ4n) is 2.56. The predicted molar refractivity (Wildman–Crippen MR) is 83.1 cm³/mol. The molecule has 0 amide bonds. The summed E-state index contributed by atoms with van der Waals surface area (Å²) in [5.41, 5.74) is 3.24. The first-order chi connectivity index (χ1) is 10.2. The lowest BCUT2D eigenvalue weighted by Crippen LogP contribution is -2.17. The van der Waals surface area contributed by atoms with Crippen molar-refractivity contribution in [2.24, 2.45) is 0 Å². The lowest BCUT2D eigenvalue weighted by molar-refractivity contribution is 0.580. The Morgan fingerprint density at radius 3 is 2.81 bits per heavy atom. The standard InChI is InChI=1S/C17H18FN3/c1-3-19-12(2)13-8-9-16(14(18)10-13)21-11-20-15-6-4-5-7-17(15)21/h4-12,19H,3H2,1-2H3. The number of nitrogens with one attached hydrogen (secondary N) is 1. The van der Waals surface area contributed by atoms with Crippen LogP contribution in [0.5, 0.6) is 0 Å². The Labute approximate surface area is 123 Å². The normalized spacial score (nSPS) is 12.7. The van der Waals surface area contributed by atoms with Gasteiger partial charge in [0.15, 0.2) is 0 Å². The highest BCUT2D eigenvalue weighted by atomic mass is 19.1. The highest BCUT2D eigenvalue weighted by molar-refractivity contribution is 5.77. The molecule has 0 bridgehead atoms. The molecule has 1 unspecified atom stereocenters. The van der Waals surface area contributed by atoms with Crippen molar-refractivity contribution in [3.8, 4) is 5.69 Å². The van der Waals surface area contributed by atoms with Gasteiger partial charge in [-0.25, -0.2) is 9.37 Å². The summed E-state index contributed by atoms with van der Waals surface area (Å²) in [6.07, 6.45) is 1.66. The summed E-state index contributed by atoms with van der Waals surface area (Å²) in [5.74, 6) is -0.236. The number of fused-ring (bicyclic) bond motifs is 1. The van der Waals surface area contributed by atoms with Gasteiger partial charge in [-0.1, -0.05) is 25.1 Å². The van der Waals surface area contributed by atoms with E-state index < -0.39 is 0 Å². The van der Waals surface area contributed by atoms with Gasteiger partial charge >= 0.3 is 0 Å². The third-order valence-electron chi connectivity index (χ3n) is 3.70. The van der Waals surface area contributed by atoms with Gasteiger partial charge in [0.25, 0.3) is 0 Å². The molecular weight excluding hydrogens is 265 g/mol. The Morgan fingerprint density at radius 1 is 1.24 bits per heavy atom. The molecule has 0 saturated heterocycles. The minimum Gasteiger partial charge on any atom is -0.310 e. The molecular formula is C17H18FN3. The topological polar surface area (TPSA) is 29.9 Å². The van der Waals surface area contributed by atoms with Gasteiger partial charge < -0.3 is 5.32 Å². The van der Waals surface area contributed by atoms with Crippen LogP contribution in [-0.4, -0.2) is 16.1 Å². The van der Waals surface area contributed by atoms with Crippen LogP contribution < -0.4 is 5.32 Å². The van der Waals surface area contributed by atoms with Gasteiger partial charge in [0, 0.05) is 6.04 Å². The molecule has 1 heterocycles. The van der Waals surface area contributed by atoms with E-state index in [1.54, 1.807) is 17.0 Å². The first kappa shape index (κ1) is 13.8. The number of benzene rings is 2. The maximum Gasteiger partial charge on any atom is 0.147 e. The van der Waals surface area contributed by atoms with E-state index in [9.17, 15) is 4.39 Å². The number of hydrogen-bond donors (Lipinski definition) is 1. The SMILES string of the molecule is CCNC(C)c1ccc(-n2cnc3ccccc32)c(F)c1. The Kier molecular flexibility index (Phi) is 3.71. The van der Waals surface area contributed by atoms with E-state index in [1.807, 2.05) is 50.2 Å². The van der Waals surface area contributed by atoms with Gasteiger partial charge in [-0.2, -0.15) is 0 Å². The van der Waals surface area contributed by atoms with Crippen molar-refractivity contribution in [2.45, 2.75) is 19.9 Å². The third kappa shape index (κ3) is 2.54. The first-order valence-corrected chi connectivity index (χ1v) is 7.16. The van der Waals surface area contributed by atoms with E-state index in [4.69, 9.17) is 0 Å². The van der Waals surface area contributed by atoms with Crippen LogP contribution in [0.2, 0.25) is 0 Å². The maximum absolute atomic E-state index is 14.5. The van der Waals surface area contributed by atoms with Crippen molar-refractivity contribution in [2.75, 3.05) is 6.54 Å². The van der Waals surface area contributed by atoms with Crippen molar-refractivity contribution in [3.05, 3.63) is 60.2 Å². The number of nitrogens with zero attached hydrogens (tertiary/aromatic N) is 2. The summed E-state index contributed by atoms with van der Waals surface area (Å²) in [6, 6.07) is 13.2. The summed E-state index contributed by atoms with van der Waals surface area (Å²) in [5, 5.41) is 3.29. The minimum absolute atomic E-state index is 0.137. The fraction of sp³-hybridized carbons (Fsp3) is 0.235. The molecule has 4 heteroatoms. The highest BCUT2D eigenvalue weighted by Crippen LogP contribution is 2.23. The molecule has 0 aliphatic rings. The van der Waals surface area contributed by atoms with Crippen LogP contribution in [0.3, 0.4) is 0 Å². The van der Waals surface area contributed by atoms with Crippen LogP contribution in [0.15, 0.2) is 48.8 Å². The van der Waals surface area contributed by atoms with Crippen LogP contribution in [-0.2, 0) is 0 Å². The molecule has 1 N–H and O–H groups in total. The Morgan fingerprint density at radius 2 is 2.05 bits per heavy atom. The number of hydrogen-bond acceptors (Lipinski definition) is 2. The Hall–Kier alpha value is -2.20. The second-order valence-electron chi connectivity index (χ2n) is 5.09. The number of para-hydroxylation sites is 2. The van der Waals surface area contributed by atoms with Crippen molar-refractivity contribution < 1.29 is 4.39 Å². The van der Waals surface area contributed by atoms with Gasteiger partial charge in [-0.15, -0.1) is 0 Å². The lowest BCUT2D eigenvalue weighted by atomic mass is 10.1. The first-order valence-electron chi connectivity index (χ1n) is 7.16. The molecule has 2 aromatic carbocycles. The zero-order valence-electron chi connectivity index (χ0n) is 12.2. The van der Waals surface area contributed by atoms with E-state index in [1.165, 1.54) is 0 Å². The van der Waals surface area contributed by atoms with Crippen LogP contribution >= 0.6 is 0 Å². The summed E-state index contributed by atoms with van der Waals surface area (Å²) in [6.45, 7) is 4.93. The molecule has 0 spiro atoms. The van der Waals surface area contributed by atoms with E-state index in [0.29, 0.717) is 5.69 Å². The largest absolute Gasteiger partial charge is 0.310 e. The molecule has 0 aliphatic heterocycles. The molecule has 21 heavy (non-hydrogen) atoms. The summed E-state index contributed by atoms with van der Waals surface area (Å²) in [4.78, 5) is 4.31. The van der Waals surface area contributed by atoms with E-state index in [0.717, 1.165) is 23.1 Å². The van der Waals surface area contributed by atoms with Gasteiger partial charge in [-0.05, 0) is 43.3 Å². The summed E-state index contributed by atoms with van der Waals surface area (Å²) in [7, 11) is 0. The molecule has 0 aliphatic carbocycles. The zero-order chi connectivity index (χ0) is 14.8.